The number of aromatic nitrogens is 3. The standard InChI is InChI=1S/C17H13F3N4O3/c1-27-16(26)11-6-4-10(5-7-11)15(25)21-9-13-22-23-14-12(17(18,19)20)3-2-8-24(13)14/h2-8H,9H2,1H3,(H,21,25). The topological polar surface area (TPSA) is 85.6 Å². The van der Waals surface area contributed by atoms with E-state index in [1.54, 1.807) is 0 Å². The number of hydrogen-bond donors (Lipinski definition) is 1. The van der Waals surface area contributed by atoms with E-state index >= 15 is 0 Å². The number of rotatable bonds is 4. The van der Waals surface area contributed by atoms with Gasteiger partial charge in [-0.2, -0.15) is 13.2 Å². The molecule has 27 heavy (non-hydrogen) atoms. The summed E-state index contributed by atoms with van der Waals surface area (Å²) in [5, 5.41) is 9.84. The van der Waals surface area contributed by atoms with Crippen LogP contribution in [-0.2, 0) is 17.5 Å². The minimum absolute atomic E-state index is 0.125. The van der Waals surface area contributed by atoms with Crippen LogP contribution in [0.25, 0.3) is 5.65 Å². The van der Waals surface area contributed by atoms with E-state index in [0.717, 1.165) is 6.07 Å². The van der Waals surface area contributed by atoms with Gasteiger partial charge in [0.15, 0.2) is 11.5 Å². The predicted octanol–water partition coefficient (Wildman–Crippen LogP) is 2.46. The number of alkyl halides is 3. The van der Waals surface area contributed by atoms with Crippen LogP contribution in [0.4, 0.5) is 13.2 Å². The third-order valence-corrected chi connectivity index (χ3v) is 3.79. The van der Waals surface area contributed by atoms with Crippen LogP contribution in [0, 0.1) is 0 Å². The van der Waals surface area contributed by atoms with Crippen molar-refractivity contribution in [2.75, 3.05) is 7.11 Å². The van der Waals surface area contributed by atoms with Crippen molar-refractivity contribution >= 4 is 17.5 Å². The quantitative estimate of drug-likeness (QED) is 0.705. The number of carbonyl (C=O) groups excluding carboxylic acids is 2. The Labute approximate surface area is 150 Å². The van der Waals surface area contributed by atoms with Gasteiger partial charge in [0.25, 0.3) is 5.91 Å². The lowest BCUT2D eigenvalue weighted by Gasteiger charge is -2.08. The first kappa shape index (κ1) is 18.4. The molecule has 3 aromatic rings. The molecule has 1 amide bonds. The molecule has 0 atom stereocenters. The largest absolute Gasteiger partial charge is 0.465 e. The lowest BCUT2D eigenvalue weighted by Crippen LogP contribution is -2.24. The summed E-state index contributed by atoms with van der Waals surface area (Å²) in [6.07, 6.45) is -3.17. The van der Waals surface area contributed by atoms with E-state index in [4.69, 9.17) is 0 Å². The number of benzene rings is 1. The minimum Gasteiger partial charge on any atom is -0.465 e. The molecular weight excluding hydrogens is 365 g/mol. The maximum Gasteiger partial charge on any atom is 0.420 e. The zero-order valence-corrected chi connectivity index (χ0v) is 13.9. The van der Waals surface area contributed by atoms with Gasteiger partial charge in [-0.3, -0.25) is 9.20 Å². The number of ether oxygens (including phenoxy) is 1. The highest BCUT2D eigenvalue weighted by atomic mass is 19.4. The number of amides is 1. The Morgan fingerprint density at radius 2 is 1.78 bits per heavy atom. The fraction of sp³-hybridized carbons (Fsp3) is 0.176. The lowest BCUT2D eigenvalue weighted by atomic mass is 10.1. The molecule has 3 rings (SSSR count). The van der Waals surface area contributed by atoms with E-state index < -0.39 is 23.6 Å². The number of nitrogens with zero attached hydrogens (tertiary/aromatic N) is 3. The van der Waals surface area contributed by atoms with Crippen molar-refractivity contribution in [2.24, 2.45) is 0 Å². The summed E-state index contributed by atoms with van der Waals surface area (Å²) in [4.78, 5) is 23.6. The molecule has 0 spiro atoms. The van der Waals surface area contributed by atoms with Crippen LogP contribution >= 0.6 is 0 Å². The number of nitrogens with one attached hydrogen (secondary N) is 1. The summed E-state index contributed by atoms with van der Waals surface area (Å²) in [7, 11) is 1.25. The molecule has 0 unspecified atom stereocenters. The molecule has 0 fully saturated rings. The van der Waals surface area contributed by atoms with Crippen LogP contribution in [0.3, 0.4) is 0 Å². The van der Waals surface area contributed by atoms with Crippen molar-refractivity contribution in [3.05, 3.63) is 65.1 Å². The predicted molar refractivity (Wildman–Crippen MR) is 86.9 cm³/mol. The number of methoxy groups -OCH3 is 1. The average molecular weight is 378 g/mol. The SMILES string of the molecule is COC(=O)c1ccc(C(=O)NCc2nnc3c(C(F)(F)F)cccn23)cc1. The maximum atomic E-state index is 13.0. The maximum absolute atomic E-state index is 13.0. The highest BCUT2D eigenvalue weighted by Crippen LogP contribution is 2.31. The fourth-order valence-electron chi connectivity index (χ4n) is 2.44. The van der Waals surface area contributed by atoms with Crippen molar-refractivity contribution in [3.63, 3.8) is 0 Å². The first-order chi connectivity index (χ1) is 12.8. The van der Waals surface area contributed by atoms with E-state index in [1.165, 1.54) is 48.0 Å². The molecular formula is C17H13F3N4O3. The number of halogens is 3. The van der Waals surface area contributed by atoms with Gasteiger partial charge in [-0.05, 0) is 36.4 Å². The molecule has 2 heterocycles. The van der Waals surface area contributed by atoms with E-state index in [9.17, 15) is 22.8 Å². The van der Waals surface area contributed by atoms with Crippen molar-refractivity contribution in [2.45, 2.75) is 12.7 Å². The summed E-state index contributed by atoms with van der Waals surface area (Å²) in [6, 6.07) is 7.88. The monoisotopic (exact) mass is 378 g/mol. The van der Waals surface area contributed by atoms with Crippen molar-refractivity contribution in [1.29, 1.82) is 0 Å². The van der Waals surface area contributed by atoms with Crippen LogP contribution in [0.5, 0.6) is 0 Å². The molecule has 0 aliphatic rings. The highest BCUT2D eigenvalue weighted by molar-refractivity contribution is 5.96. The van der Waals surface area contributed by atoms with Crippen molar-refractivity contribution < 1.29 is 27.5 Å². The van der Waals surface area contributed by atoms with Crippen LogP contribution in [0.1, 0.15) is 32.1 Å². The zero-order chi connectivity index (χ0) is 19.6. The molecule has 0 saturated heterocycles. The first-order valence-electron chi connectivity index (χ1n) is 7.67. The molecule has 2 aromatic heterocycles. The Hall–Kier alpha value is -3.43. The number of esters is 1. The number of pyridine rings is 1. The van der Waals surface area contributed by atoms with Gasteiger partial charge in [0.1, 0.15) is 5.56 Å². The third-order valence-electron chi connectivity index (χ3n) is 3.79. The lowest BCUT2D eigenvalue weighted by molar-refractivity contribution is -0.136. The molecule has 0 bridgehead atoms. The van der Waals surface area contributed by atoms with Gasteiger partial charge in [0, 0.05) is 11.8 Å². The van der Waals surface area contributed by atoms with Gasteiger partial charge in [-0.25, -0.2) is 4.79 Å². The van der Waals surface area contributed by atoms with Gasteiger partial charge < -0.3 is 10.1 Å². The van der Waals surface area contributed by atoms with Gasteiger partial charge >= 0.3 is 12.1 Å². The van der Waals surface area contributed by atoms with Crippen LogP contribution in [0.15, 0.2) is 42.6 Å². The fourth-order valence-corrected chi connectivity index (χ4v) is 2.44. The molecule has 0 radical (unpaired) electrons. The van der Waals surface area contributed by atoms with E-state index in [2.05, 4.69) is 20.3 Å². The summed E-state index contributed by atoms with van der Waals surface area (Å²) in [6.45, 7) is -0.125. The Balaban J connectivity index is 1.75. The second-order valence-corrected chi connectivity index (χ2v) is 5.48. The molecule has 10 heteroatoms. The van der Waals surface area contributed by atoms with Gasteiger partial charge in [-0.1, -0.05) is 0 Å². The Bertz CT molecular complexity index is 997. The minimum atomic E-state index is -4.56. The Morgan fingerprint density at radius 3 is 2.41 bits per heavy atom. The number of hydrogen-bond acceptors (Lipinski definition) is 5. The molecule has 140 valence electrons. The molecule has 0 saturated carbocycles. The van der Waals surface area contributed by atoms with Gasteiger partial charge in [0.2, 0.25) is 0 Å². The smallest absolute Gasteiger partial charge is 0.420 e. The molecule has 1 N–H and O–H groups in total. The zero-order valence-electron chi connectivity index (χ0n) is 13.9. The Morgan fingerprint density at radius 1 is 1.11 bits per heavy atom. The van der Waals surface area contributed by atoms with Crippen LogP contribution in [0.2, 0.25) is 0 Å². The highest BCUT2D eigenvalue weighted by Gasteiger charge is 2.34. The Kier molecular flexibility index (Phi) is 4.80. The van der Waals surface area contributed by atoms with Crippen LogP contribution < -0.4 is 5.32 Å². The molecule has 1 aromatic carbocycles. The molecule has 0 aliphatic heterocycles. The van der Waals surface area contributed by atoms with Gasteiger partial charge in [0.05, 0.1) is 19.2 Å². The third kappa shape index (κ3) is 3.73. The van der Waals surface area contributed by atoms with Crippen LogP contribution in [-0.4, -0.2) is 33.6 Å². The summed E-state index contributed by atoms with van der Waals surface area (Å²) in [5.41, 5.74) is -0.685. The van der Waals surface area contributed by atoms with E-state index in [1.807, 2.05) is 0 Å². The first-order valence-corrected chi connectivity index (χ1v) is 7.67. The molecule has 0 aliphatic carbocycles. The van der Waals surface area contributed by atoms with Gasteiger partial charge in [-0.15, -0.1) is 10.2 Å². The van der Waals surface area contributed by atoms with Crippen molar-refractivity contribution in [3.8, 4) is 0 Å². The van der Waals surface area contributed by atoms with E-state index in [0.29, 0.717) is 0 Å². The van der Waals surface area contributed by atoms with Crippen molar-refractivity contribution in [1.82, 2.24) is 19.9 Å². The summed E-state index contributed by atoms with van der Waals surface area (Å²) < 4.78 is 44.7. The molecule has 7 nitrogen and oxygen atoms in total. The van der Waals surface area contributed by atoms with E-state index in [-0.39, 0.29) is 29.1 Å². The number of fused-ring (bicyclic) bond motifs is 1. The summed E-state index contributed by atoms with van der Waals surface area (Å²) >= 11 is 0. The average Bonchev–Trinajstić information content (AvgIpc) is 3.07. The second-order valence-electron chi connectivity index (χ2n) is 5.48. The normalized spacial score (nSPS) is 11.4. The number of carbonyl (C=O) groups is 2. The second kappa shape index (κ2) is 7.06. The summed E-state index contributed by atoms with van der Waals surface area (Å²) in [5.74, 6) is -0.858.